The molecular formula is C16H14N2O4S. The molecule has 0 radical (unpaired) electrons. The van der Waals surface area contributed by atoms with Crippen LogP contribution in [-0.4, -0.2) is 29.6 Å². The molecule has 1 N–H and O–H groups in total. The molecule has 0 saturated heterocycles. The van der Waals surface area contributed by atoms with Gasteiger partial charge in [0.1, 0.15) is 0 Å². The number of rotatable bonds is 4. The monoisotopic (exact) mass is 330 g/mol. The summed E-state index contributed by atoms with van der Waals surface area (Å²) in [6, 6.07) is 12.7. The van der Waals surface area contributed by atoms with Crippen LogP contribution in [0.15, 0.2) is 65.8 Å². The standard InChI is InChI=1S/C16H14N2O4S/c1-22-15-8-7-12(11-14(15)19)16-17-9-10-18(16)23(20,21)13-5-3-2-4-6-13/h2-11,19H,1H3. The highest BCUT2D eigenvalue weighted by Crippen LogP contribution is 2.31. The quantitative estimate of drug-likeness (QED) is 0.795. The maximum absolute atomic E-state index is 12.7. The molecule has 0 unspecified atom stereocenters. The van der Waals surface area contributed by atoms with Gasteiger partial charge in [-0.3, -0.25) is 0 Å². The van der Waals surface area contributed by atoms with Crippen molar-refractivity contribution < 1.29 is 18.3 Å². The van der Waals surface area contributed by atoms with E-state index >= 15 is 0 Å². The summed E-state index contributed by atoms with van der Waals surface area (Å²) in [6.07, 6.45) is 2.77. The third kappa shape index (κ3) is 2.66. The number of hydrogen-bond acceptors (Lipinski definition) is 5. The van der Waals surface area contributed by atoms with Gasteiger partial charge in [-0.05, 0) is 30.3 Å². The third-order valence-corrected chi connectivity index (χ3v) is 5.03. The van der Waals surface area contributed by atoms with Crippen molar-refractivity contribution in [1.29, 1.82) is 0 Å². The molecule has 6 nitrogen and oxygen atoms in total. The van der Waals surface area contributed by atoms with Gasteiger partial charge in [-0.15, -0.1) is 0 Å². The summed E-state index contributed by atoms with van der Waals surface area (Å²) in [6.45, 7) is 0. The Morgan fingerprint density at radius 2 is 1.87 bits per heavy atom. The fourth-order valence-electron chi connectivity index (χ4n) is 2.22. The molecule has 0 fully saturated rings. The van der Waals surface area contributed by atoms with Gasteiger partial charge in [0.2, 0.25) is 0 Å². The van der Waals surface area contributed by atoms with Crippen LogP contribution in [0, 0.1) is 0 Å². The van der Waals surface area contributed by atoms with Crippen LogP contribution in [0.25, 0.3) is 11.4 Å². The number of methoxy groups -OCH3 is 1. The SMILES string of the molecule is COc1ccc(-c2nccn2S(=O)(=O)c2ccccc2)cc1O. The third-order valence-electron chi connectivity index (χ3n) is 3.34. The average Bonchev–Trinajstić information content (AvgIpc) is 3.06. The maximum Gasteiger partial charge on any atom is 0.269 e. The Labute approximate surface area is 133 Å². The summed E-state index contributed by atoms with van der Waals surface area (Å²) in [7, 11) is -2.32. The van der Waals surface area contributed by atoms with Gasteiger partial charge in [-0.1, -0.05) is 18.2 Å². The van der Waals surface area contributed by atoms with Crippen molar-refractivity contribution in [2.45, 2.75) is 4.90 Å². The molecule has 1 aromatic heterocycles. The predicted molar refractivity (Wildman–Crippen MR) is 84.9 cm³/mol. The highest BCUT2D eigenvalue weighted by atomic mass is 32.2. The van der Waals surface area contributed by atoms with E-state index in [0.717, 1.165) is 3.97 Å². The van der Waals surface area contributed by atoms with Crippen LogP contribution in [-0.2, 0) is 10.0 Å². The number of hydrogen-bond donors (Lipinski definition) is 1. The van der Waals surface area contributed by atoms with Crippen LogP contribution in [0.3, 0.4) is 0 Å². The molecule has 0 amide bonds. The van der Waals surface area contributed by atoms with E-state index in [1.54, 1.807) is 30.3 Å². The van der Waals surface area contributed by atoms with Crippen molar-refractivity contribution in [3.05, 3.63) is 60.9 Å². The average molecular weight is 330 g/mol. The lowest BCUT2D eigenvalue weighted by Crippen LogP contribution is -2.13. The zero-order chi connectivity index (χ0) is 16.4. The fourth-order valence-corrected chi connectivity index (χ4v) is 3.55. The number of ether oxygens (including phenoxy) is 1. The van der Waals surface area contributed by atoms with Gasteiger partial charge in [-0.2, -0.15) is 0 Å². The number of phenolic OH excluding ortho intramolecular Hbond substituents is 1. The highest BCUT2D eigenvalue weighted by Gasteiger charge is 2.21. The first-order chi connectivity index (χ1) is 11.0. The summed E-state index contributed by atoms with van der Waals surface area (Å²) < 4.78 is 31.5. The molecular weight excluding hydrogens is 316 g/mol. The topological polar surface area (TPSA) is 81.4 Å². The largest absolute Gasteiger partial charge is 0.504 e. The second-order valence-corrected chi connectivity index (χ2v) is 6.57. The minimum absolute atomic E-state index is 0.0864. The number of aromatic hydroxyl groups is 1. The minimum Gasteiger partial charge on any atom is -0.504 e. The molecule has 7 heteroatoms. The van der Waals surface area contributed by atoms with Crippen molar-refractivity contribution >= 4 is 10.0 Å². The first-order valence-corrected chi connectivity index (χ1v) is 8.19. The summed E-state index contributed by atoms with van der Waals surface area (Å²) in [5, 5.41) is 9.89. The zero-order valence-electron chi connectivity index (χ0n) is 12.2. The number of phenols is 1. The van der Waals surface area contributed by atoms with Gasteiger partial charge < -0.3 is 9.84 Å². The van der Waals surface area contributed by atoms with Crippen molar-refractivity contribution in [3.63, 3.8) is 0 Å². The Hall–Kier alpha value is -2.80. The van der Waals surface area contributed by atoms with E-state index < -0.39 is 10.0 Å². The molecule has 118 valence electrons. The highest BCUT2D eigenvalue weighted by molar-refractivity contribution is 7.90. The van der Waals surface area contributed by atoms with E-state index in [1.165, 1.54) is 37.7 Å². The van der Waals surface area contributed by atoms with Crippen LogP contribution in [0.5, 0.6) is 11.5 Å². The van der Waals surface area contributed by atoms with Crippen molar-refractivity contribution in [3.8, 4) is 22.9 Å². The Balaban J connectivity index is 2.12. The number of imidazole rings is 1. The van der Waals surface area contributed by atoms with Gasteiger partial charge >= 0.3 is 0 Å². The van der Waals surface area contributed by atoms with E-state index in [1.807, 2.05) is 0 Å². The summed E-state index contributed by atoms with van der Waals surface area (Å²) in [5.41, 5.74) is 0.466. The molecule has 2 aromatic carbocycles. The van der Waals surface area contributed by atoms with Crippen LogP contribution in [0.4, 0.5) is 0 Å². The van der Waals surface area contributed by atoms with Gasteiger partial charge in [-0.25, -0.2) is 17.4 Å². The Morgan fingerprint density at radius 3 is 2.52 bits per heavy atom. The van der Waals surface area contributed by atoms with E-state index in [9.17, 15) is 13.5 Å². The first kappa shape index (κ1) is 15.1. The molecule has 0 bridgehead atoms. The van der Waals surface area contributed by atoms with E-state index in [0.29, 0.717) is 11.3 Å². The van der Waals surface area contributed by atoms with Gasteiger partial charge in [0.15, 0.2) is 17.3 Å². The van der Waals surface area contributed by atoms with Crippen molar-refractivity contribution in [2.75, 3.05) is 7.11 Å². The Kier molecular flexibility index (Phi) is 3.79. The lowest BCUT2D eigenvalue weighted by Gasteiger charge is -2.10. The van der Waals surface area contributed by atoms with Crippen LogP contribution in [0.1, 0.15) is 0 Å². The van der Waals surface area contributed by atoms with Gasteiger partial charge in [0.05, 0.1) is 12.0 Å². The Morgan fingerprint density at radius 1 is 1.13 bits per heavy atom. The van der Waals surface area contributed by atoms with E-state index in [-0.39, 0.29) is 16.5 Å². The molecule has 0 saturated carbocycles. The van der Waals surface area contributed by atoms with Crippen molar-refractivity contribution in [2.24, 2.45) is 0 Å². The molecule has 0 spiro atoms. The lowest BCUT2D eigenvalue weighted by atomic mass is 10.2. The first-order valence-electron chi connectivity index (χ1n) is 6.75. The smallest absolute Gasteiger partial charge is 0.269 e. The molecule has 0 aliphatic heterocycles. The Bertz CT molecular complexity index is 934. The normalized spacial score (nSPS) is 11.3. The molecule has 1 heterocycles. The van der Waals surface area contributed by atoms with Gasteiger partial charge in [0.25, 0.3) is 10.0 Å². The second kappa shape index (κ2) is 5.77. The number of aromatic nitrogens is 2. The number of benzene rings is 2. The number of nitrogens with zero attached hydrogens (tertiary/aromatic N) is 2. The van der Waals surface area contributed by atoms with E-state index in [4.69, 9.17) is 4.74 Å². The summed E-state index contributed by atoms with van der Waals surface area (Å²) >= 11 is 0. The fraction of sp³-hybridized carbons (Fsp3) is 0.0625. The molecule has 3 rings (SSSR count). The lowest BCUT2D eigenvalue weighted by molar-refractivity contribution is 0.373. The van der Waals surface area contributed by atoms with Crippen LogP contribution >= 0.6 is 0 Å². The summed E-state index contributed by atoms with van der Waals surface area (Å²) in [4.78, 5) is 4.27. The van der Waals surface area contributed by atoms with Crippen LogP contribution in [0.2, 0.25) is 0 Å². The zero-order valence-corrected chi connectivity index (χ0v) is 13.1. The minimum atomic E-state index is -3.76. The summed E-state index contributed by atoms with van der Waals surface area (Å²) in [5.74, 6) is 0.432. The van der Waals surface area contributed by atoms with E-state index in [2.05, 4.69) is 4.98 Å². The molecule has 23 heavy (non-hydrogen) atoms. The van der Waals surface area contributed by atoms with Crippen LogP contribution < -0.4 is 4.74 Å². The maximum atomic E-state index is 12.7. The molecule has 0 atom stereocenters. The molecule has 0 aliphatic carbocycles. The predicted octanol–water partition coefficient (Wildman–Crippen LogP) is 2.50. The molecule has 3 aromatic rings. The second-order valence-electron chi connectivity index (χ2n) is 4.75. The molecule has 0 aliphatic rings. The van der Waals surface area contributed by atoms with Crippen molar-refractivity contribution in [1.82, 2.24) is 8.96 Å². The van der Waals surface area contributed by atoms with Gasteiger partial charge in [0, 0.05) is 18.0 Å².